The Kier molecular flexibility index (Phi) is 12.5. The number of hydrogen-bond acceptors (Lipinski definition) is 7. The Labute approximate surface area is 312 Å². The smallest absolute Gasteiger partial charge is 0.252 e. The summed E-state index contributed by atoms with van der Waals surface area (Å²) >= 11 is 3.40. The van der Waals surface area contributed by atoms with Gasteiger partial charge in [-0.3, -0.25) is 14.4 Å². The lowest BCUT2D eigenvalue weighted by atomic mass is 9.82. The van der Waals surface area contributed by atoms with Crippen molar-refractivity contribution in [2.75, 3.05) is 40.0 Å². The van der Waals surface area contributed by atoms with E-state index in [1.165, 1.54) is 12.1 Å². The molecular formula is C40H46BrFN4O6. The average molecular weight is 778 g/mol. The van der Waals surface area contributed by atoms with E-state index in [4.69, 9.17) is 19.9 Å². The van der Waals surface area contributed by atoms with Gasteiger partial charge in [0.2, 0.25) is 11.8 Å². The fourth-order valence-corrected chi connectivity index (χ4v) is 7.35. The van der Waals surface area contributed by atoms with Crippen molar-refractivity contribution in [2.45, 2.75) is 69.5 Å². The van der Waals surface area contributed by atoms with E-state index >= 15 is 0 Å². The molecule has 2 bridgehead atoms. The second kappa shape index (κ2) is 17.4. The van der Waals surface area contributed by atoms with Gasteiger partial charge in [0.25, 0.3) is 5.91 Å². The molecule has 0 unspecified atom stereocenters. The highest BCUT2D eigenvalue weighted by molar-refractivity contribution is 9.10. The summed E-state index contributed by atoms with van der Waals surface area (Å²) in [5.74, 6) is 1.11. The minimum Gasteiger partial charge on any atom is -0.497 e. The molecule has 3 amide bonds. The zero-order valence-corrected chi connectivity index (χ0v) is 31.0. The molecule has 0 radical (unpaired) electrons. The van der Waals surface area contributed by atoms with Crippen molar-refractivity contribution in [2.24, 2.45) is 5.73 Å². The third-order valence-electron chi connectivity index (χ3n) is 9.77. The van der Waals surface area contributed by atoms with Crippen LogP contribution in [0.4, 0.5) is 4.39 Å². The summed E-state index contributed by atoms with van der Waals surface area (Å²) in [5.41, 5.74) is 9.14. The van der Waals surface area contributed by atoms with Crippen LogP contribution in [0.3, 0.4) is 0 Å². The Morgan fingerprint density at radius 3 is 2.40 bits per heavy atom. The molecule has 6 rings (SSSR count). The Morgan fingerprint density at radius 1 is 0.942 bits per heavy atom. The number of methoxy groups -OCH3 is 1. The number of amides is 3. The molecule has 1 aliphatic carbocycles. The quantitative estimate of drug-likeness (QED) is 0.170. The molecule has 0 aromatic heterocycles. The number of nitrogens with two attached hydrogens (primary N) is 1. The molecule has 2 atom stereocenters. The Morgan fingerprint density at radius 2 is 1.69 bits per heavy atom. The second-order valence-electron chi connectivity index (χ2n) is 13.6. The molecule has 1 saturated heterocycles. The maximum absolute atomic E-state index is 14.7. The van der Waals surface area contributed by atoms with Gasteiger partial charge in [0.15, 0.2) is 0 Å². The third-order valence-corrected chi connectivity index (χ3v) is 10.4. The summed E-state index contributed by atoms with van der Waals surface area (Å²) < 4.78 is 31.5. The molecule has 3 aromatic carbocycles. The maximum atomic E-state index is 14.7. The molecule has 276 valence electrons. The van der Waals surface area contributed by atoms with Crippen LogP contribution in [0.1, 0.15) is 56.1 Å². The number of nitrogens with zero attached hydrogens (tertiary/aromatic N) is 2. The number of fused-ring (bicyclic) bond motifs is 2. The average Bonchev–Trinajstić information content (AvgIpc) is 3.98. The molecule has 12 heteroatoms. The summed E-state index contributed by atoms with van der Waals surface area (Å²) in [4.78, 5) is 43.0. The first kappa shape index (κ1) is 37.3. The van der Waals surface area contributed by atoms with Gasteiger partial charge in [0.1, 0.15) is 29.7 Å². The summed E-state index contributed by atoms with van der Waals surface area (Å²) in [7, 11) is 1.62. The van der Waals surface area contributed by atoms with Gasteiger partial charge in [-0.25, -0.2) is 4.39 Å². The van der Waals surface area contributed by atoms with E-state index in [2.05, 4.69) is 45.5 Å². The third kappa shape index (κ3) is 9.71. The number of carbonyl (C=O) groups excluding carboxylic acids is 3. The molecule has 2 fully saturated rings. The number of piperazine rings is 1. The number of aryl methyl sites for hydroxylation is 1. The highest BCUT2D eigenvalue weighted by atomic mass is 79.9. The number of hydrogen-bond donors (Lipinski definition) is 2. The summed E-state index contributed by atoms with van der Waals surface area (Å²) in [5, 5.41) is 3.66. The predicted molar refractivity (Wildman–Crippen MR) is 199 cm³/mol. The van der Waals surface area contributed by atoms with Gasteiger partial charge in [0.05, 0.1) is 30.8 Å². The van der Waals surface area contributed by atoms with Crippen LogP contribution in [-0.2, 0) is 20.8 Å². The van der Waals surface area contributed by atoms with Crippen molar-refractivity contribution in [3.63, 3.8) is 0 Å². The van der Waals surface area contributed by atoms with Crippen molar-refractivity contribution < 1.29 is 33.0 Å². The van der Waals surface area contributed by atoms with Crippen LogP contribution in [0.2, 0.25) is 0 Å². The van der Waals surface area contributed by atoms with E-state index in [0.717, 1.165) is 48.1 Å². The summed E-state index contributed by atoms with van der Waals surface area (Å²) in [6.07, 6.45) is 4.83. The van der Waals surface area contributed by atoms with Crippen molar-refractivity contribution in [1.29, 1.82) is 0 Å². The molecule has 3 aliphatic rings. The second-order valence-corrected chi connectivity index (χ2v) is 14.5. The van der Waals surface area contributed by atoms with Gasteiger partial charge < -0.3 is 35.1 Å². The van der Waals surface area contributed by atoms with Crippen molar-refractivity contribution in [1.82, 2.24) is 15.1 Å². The topological polar surface area (TPSA) is 123 Å². The minimum absolute atomic E-state index is 0.0165. The van der Waals surface area contributed by atoms with Crippen molar-refractivity contribution in [3.05, 3.63) is 93.7 Å². The van der Waals surface area contributed by atoms with Gasteiger partial charge in [-0.15, -0.1) is 0 Å². The van der Waals surface area contributed by atoms with E-state index in [1.54, 1.807) is 13.2 Å². The van der Waals surface area contributed by atoms with E-state index in [1.807, 2.05) is 34.1 Å². The number of ether oxygens (including phenoxy) is 3. The zero-order chi connectivity index (χ0) is 36.6. The van der Waals surface area contributed by atoms with E-state index in [9.17, 15) is 18.8 Å². The zero-order valence-electron chi connectivity index (χ0n) is 29.5. The Balaban J connectivity index is 1.18. The molecule has 1 saturated carbocycles. The summed E-state index contributed by atoms with van der Waals surface area (Å²) in [6.45, 7) is 2.12. The van der Waals surface area contributed by atoms with Crippen LogP contribution in [0.5, 0.6) is 17.2 Å². The van der Waals surface area contributed by atoms with Crippen LogP contribution in [0.25, 0.3) is 5.57 Å². The number of rotatable bonds is 17. The van der Waals surface area contributed by atoms with Crippen LogP contribution in [-0.4, -0.2) is 85.6 Å². The standard InChI is InChI=1S/C40H46BrFN4O6/c1-50-31-14-16-32(17-15-31)51-21-19-46(30-12-13-30)40(49)39-33(23-29-24-45(25-35(39)44-29)38(48)6-2-5-37(43)47)27-9-7-26(8-10-27)4-3-20-52-36-22-28(42)11-18-34(36)41/h7-11,14-18,22,29-30,35,44H,2-6,12-13,19-21,23-25H2,1H3,(H2,43,47)/t29-,35-/m1/s1. The van der Waals surface area contributed by atoms with E-state index in [0.29, 0.717) is 67.2 Å². The first-order valence-electron chi connectivity index (χ1n) is 18.0. The number of benzene rings is 3. The first-order valence-corrected chi connectivity index (χ1v) is 18.8. The lowest BCUT2D eigenvalue weighted by Gasteiger charge is -2.45. The van der Waals surface area contributed by atoms with E-state index in [-0.39, 0.29) is 48.6 Å². The molecule has 52 heavy (non-hydrogen) atoms. The fraction of sp³-hybridized carbons (Fsp3) is 0.425. The van der Waals surface area contributed by atoms with Gasteiger partial charge >= 0.3 is 0 Å². The molecule has 3 N–H and O–H groups in total. The molecule has 0 spiro atoms. The monoisotopic (exact) mass is 776 g/mol. The van der Waals surface area contributed by atoms with Gasteiger partial charge in [-0.05, 0) is 108 Å². The summed E-state index contributed by atoms with van der Waals surface area (Å²) in [6, 6.07) is 19.9. The number of halogens is 2. The fourth-order valence-electron chi connectivity index (χ4n) is 6.99. The highest BCUT2D eigenvalue weighted by Gasteiger charge is 2.43. The first-order chi connectivity index (χ1) is 25.2. The van der Waals surface area contributed by atoms with Gasteiger partial charge in [-0.2, -0.15) is 0 Å². The minimum atomic E-state index is -0.418. The Bertz CT molecular complexity index is 1760. The number of nitrogens with one attached hydrogen (secondary N) is 1. The number of primary amides is 1. The lowest BCUT2D eigenvalue weighted by Crippen LogP contribution is -2.62. The van der Waals surface area contributed by atoms with Gasteiger partial charge in [0, 0.05) is 49.7 Å². The van der Waals surface area contributed by atoms with Crippen molar-refractivity contribution in [3.8, 4) is 17.2 Å². The molecule has 10 nitrogen and oxygen atoms in total. The Hall–Kier alpha value is -4.42. The van der Waals surface area contributed by atoms with E-state index < -0.39 is 5.91 Å². The number of carbonyl (C=O) groups is 3. The van der Waals surface area contributed by atoms with Crippen molar-refractivity contribution >= 4 is 39.2 Å². The highest BCUT2D eigenvalue weighted by Crippen LogP contribution is 2.37. The molecule has 2 heterocycles. The molecular weight excluding hydrogens is 731 g/mol. The lowest BCUT2D eigenvalue weighted by molar-refractivity contribution is -0.134. The van der Waals surface area contributed by atoms with Gasteiger partial charge in [-0.1, -0.05) is 24.3 Å². The van der Waals surface area contributed by atoms with Crippen LogP contribution >= 0.6 is 15.9 Å². The maximum Gasteiger partial charge on any atom is 0.252 e. The van der Waals surface area contributed by atoms with Crippen LogP contribution in [0, 0.1) is 5.82 Å². The van der Waals surface area contributed by atoms with Crippen LogP contribution in [0.15, 0.2) is 76.8 Å². The van der Waals surface area contributed by atoms with Crippen LogP contribution < -0.4 is 25.3 Å². The molecule has 3 aromatic rings. The normalized spacial score (nSPS) is 18.2. The largest absolute Gasteiger partial charge is 0.497 e. The molecule has 2 aliphatic heterocycles. The predicted octanol–water partition coefficient (Wildman–Crippen LogP) is 5.66. The SMILES string of the molecule is COc1ccc(OCCN(C(=O)C2=C(c3ccc(CCCOc4cc(F)ccc4Br)cc3)C[C@@H]3CN(C(=O)CCCC(N)=O)C[C@H]2N3)C2CC2)cc1.